The molecule has 0 radical (unpaired) electrons. The standard InChI is InChI=1S/C22H29N3O2/c1-3-23-21(26)19-14(2)24-17-8-9-18-16(20(17)19)13-15-7-6-12-25-11-5-4-10-22(15,25)27-18/h8-9,15,24H,3-7,10-13H2,1-2H3,(H,23,26)/p+1. The number of aromatic nitrogens is 1. The van der Waals surface area contributed by atoms with Crippen molar-refractivity contribution < 1.29 is 14.4 Å². The van der Waals surface area contributed by atoms with E-state index in [2.05, 4.69) is 22.4 Å². The highest BCUT2D eigenvalue weighted by Gasteiger charge is 2.56. The molecule has 4 heterocycles. The van der Waals surface area contributed by atoms with Crippen molar-refractivity contribution in [1.82, 2.24) is 10.3 Å². The van der Waals surface area contributed by atoms with E-state index in [4.69, 9.17) is 4.74 Å². The molecule has 2 fully saturated rings. The summed E-state index contributed by atoms with van der Waals surface area (Å²) in [7, 11) is 0. The van der Waals surface area contributed by atoms with E-state index in [1.165, 1.54) is 50.8 Å². The average molecular weight is 369 g/mol. The second-order valence-corrected chi connectivity index (χ2v) is 8.54. The highest BCUT2D eigenvalue weighted by atomic mass is 16.5. The Hall–Kier alpha value is -2.01. The zero-order valence-corrected chi connectivity index (χ0v) is 16.4. The van der Waals surface area contributed by atoms with E-state index in [0.29, 0.717) is 12.5 Å². The molecule has 1 aromatic heterocycles. The van der Waals surface area contributed by atoms with Crippen molar-refractivity contribution in [2.24, 2.45) is 5.92 Å². The third-order valence-electron chi connectivity index (χ3n) is 7.09. The number of benzene rings is 1. The first-order valence-corrected chi connectivity index (χ1v) is 10.6. The number of piperidine rings is 2. The number of ether oxygens (including phenoxy) is 1. The quantitative estimate of drug-likeness (QED) is 0.762. The van der Waals surface area contributed by atoms with E-state index in [0.717, 1.165) is 34.3 Å². The number of carbonyl (C=O) groups excluding carboxylic acids is 1. The number of aromatic amines is 1. The van der Waals surface area contributed by atoms with Gasteiger partial charge in [0.2, 0.25) is 5.72 Å². The molecule has 0 aliphatic carbocycles. The number of quaternary nitrogens is 1. The molecule has 0 bridgehead atoms. The van der Waals surface area contributed by atoms with Crippen molar-refractivity contribution in [1.29, 1.82) is 0 Å². The Kier molecular flexibility index (Phi) is 3.97. The van der Waals surface area contributed by atoms with Crippen LogP contribution in [0.25, 0.3) is 10.9 Å². The lowest BCUT2D eigenvalue weighted by Gasteiger charge is -2.53. The van der Waals surface area contributed by atoms with Gasteiger partial charge in [-0.25, -0.2) is 0 Å². The van der Waals surface area contributed by atoms with E-state index < -0.39 is 0 Å². The van der Waals surface area contributed by atoms with Crippen molar-refractivity contribution >= 4 is 16.8 Å². The first-order valence-electron chi connectivity index (χ1n) is 10.6. The topological polar surface area (TPSA) is 58.6 Å². The van der Waals surface area contributed by atoms with Crippen LogP contribution in [0.1, 0.15) is 60.6 Å². The van der Waals surface area contributed by atoms with Crippen molar-refractivity contribution in [2.45, 2.75) is 58.1 Å². The van der Waals surface area contributed by atoms with Gasteiger partial charge in [-0.15, -0.1) is 0 Å². The maximum atomic E-state index is 12.8. The van der Waals surface area contributed by atoms with Gasteiger partial charge < -0.3 is 15.0 Å². The molecule has 1 amide bonds. The van der Waals surface area contributed by atoms with Crippen LogP contribution in [-0.2, 0) is 6.42 Å². The summed E-state index contributed by atoms with van der Waals surface area (Å²) < 4.78 is 6.86. The molecular formula is C22H30N3O2+. The summed E-state index contributed by atoms with van der Waals surface area (Å²) in [4.78, 5) is 17.8. The molecule has 2 aromatic rings. The van der Waals surface area contributed by atoms with Gasteiger partial charge >= 0.3 is 0 Å². The van der Waals surface area contributed by atoms with Crippen LogP contribution in [0, 0.1) is 12.8 Å². The first kappa shape index (κ1) is 17.1. The molecule has 3 atom stereocenters. The highest BCUT2D eigenvalue weighted by molar-refractivity contribution is 6.09. The largest absolute Gasteiger partial charge is 0.440 e. The predicted octanol–water partition coefficient (Wildman–Crippen LogP) is 2.34. The van der Waals surface area contributed by atoms with Crippen LogP contribution in [0.2, 0.25) is 0 Å². The van der Waals surface area contributed by atoms with Gasteiger partial charge in [-0.05, 0) is 58.1 Å². The molecule has 144 valence electrons. The lowest BCUT2D eigenvalue weighted by molar-refractivity contribution is -0.991. The second kappa shape index (κ2) is 6.26. The second-order valence-electron chi connectivity index (χ2n) is 8.54. The SMILES string of the molecule is CCNC(=O)c1c(C)[nH]c2ccc3c(c12)CC1CCC[NH+]2CCCCC12O3. The molecule has 5 heteroatoms. The van der Waals surface area contributed by atoms with Crippen molar-refractivity contribution in [3.05, 3.63) is 29.0 Å². The third kappa shape index (κ3) is 2.44. The molecule has 3 N–H and O–H groups in total. The summed E-state index contributed by atoms with van der Waals surface area (Å²) in [6.07, 6.45) is 7.30. The maximum absolute atomic E-state index is 12.8. The minimum atomic E-state index is -0.0334. The van der Waals surface area contributed by atoms with E-state index in [1.807, 2.05) is 13.8 Å². The number of nitrogens with one attached hydrogen (secondary N) is 3. The molecule has 5 nitrogen and oxygen atoms in total. The maximum Gasteiger partial charge on any atom is 0.253 e. The van der Waals surface area contributed by atoms with Gasteiger partial charge in [0.25, 0.3) is 5.91 Å². The molecule has 1 aromatic carbocycles. The lowest BCUT2D eigenvalue weighted by Crippen LogP contribution is -3.24. The fourth-order valence-electron chi connectivity index (χ4n) is 5.96. The smallest absolute Gasteiger partial charge is 0.253 e. The van der Waals surface area contributed by atoms with Crippen LogP contribution in [-0.4, -0.2) is 36.3 Å². The Morgan fingerprint density at radius 1 is 1.33 bits per heavy atom. The first-order chi connectivity index (χ1) is 13.1. The molecule has 1 spiro atoms. The third-order valence-corrected chi connectivity index (χ3v) is 7.09. The van der Waals surface area contributed by atoms with Gasteiger partial charge in [0.1, 0.15) is 5.75 Å². The molecule has 3 aliphatic rings. The van der Waals surface area contributed by atoms with Gasteiger partial charge in [-0.1, -0.05) is 0 Å². The van der Waals surface area contributed by atoms with Gasteiger partial charge in [0.15, 0.2) is 0 Å². The van der Waals surface area contributed by atoms with E-state index in [-0.39, 0.29) is 11.6 Å². The fraction of sp³-hybridized carbons (Fsp3) is 0.591. The number of amides is 1. The van der Waals surface area contributed by atoms with Crippen LogP contribution in [0.3, 0.4) is 0 Å². The number of carbonyl (C=O) groups is 1. The number of hydrogen-bond acceptors (Lipinski definition) is 2. The molecular weight excluding hydrogens is 338 g/mol. The summed E-state index contributed by atoms with van der Waals surface area (Å²) in [5.74, 6) is 1.57. The Balaban J connectivity index is 1.65. The average Bonchev–Trinajstić information content (AvgIpc) is 3.01. The van der Waals surface area contributed by atoms with Crippen molar-refractivity contribution in [3.8, 4) is 5.75 Å². The Morgan fingerprint density at radius 2 is 2.19 bits per heavy atom. The summed E-state index contributed by atoms with van der Waals surface area (Å²) >= 11 is 0. The number of rotatable bonds is 2. The zero-order valence-electron chi connectivity index (χ0n) is 16.4. The van der Waals surface area contributed by atoms with Crippen LogP contribution in [0.15, 0.2) is 12.1 Å². The van der Waals surface area contributed by atoms with Crippen LogP contribution in [0.5, 0.6) is 5.75 Å². The van der Waals surface area contributed by atoms with Crippen molar-refractivity contribution in [3.63, 3.8) is 0 Å². The molecule has 3 unspecified atom stereocenters. The Morgan fingerprint density at radius 3 is 3.04 bits per heavy atom. The normalized spacial score (nSPS) is 29.4. The molecule has 3 aliphatic heterocycles. The van der Waals surface area contributed by atoms with Crippen molar-refractivity contribution in [2.75, 3.05) is 19.6 Å². The summed E-state index contributed by atoms with van der Waals surface area (Å²) in [6.45, 7) is 7.08. The summed E-state index contributed by atoms with van der Waals surface area (Å²) in [6, 6.07) is 4.22. The Labute approximate surface area is 160 Å². The molecule has 5 rings (SSSR count). The molecule has 2 saturated heterocycles. The molecule has 27 heavy (non-hydrogen) atoms. The van der Waals surface area contributed by atoms with Crippen LogP contribution >= 0.6 is 0 Å². The summed E-state index contributed by atoms with van der Waals surface area (Å²) in [5.41, 5.74) is 4.00. The lowest BCUT2D eigenvalue weighted by atomic mass is 9.74. The van der Waals surface area contributed by atoms with E-state index in [9.17, 15) is 4.79 Å². The van der Waals surface area contributed by atoms with Gasteiger partial charge in [-0.3, -0.25) is 9.69 Å². The van der Waals surface area contributed by atoms with Gasteiger partial charge in [0, 0.05) is 35.1 Å². The predicted molar refractivity (Wildman–Crippen MR) is 105 cm³/mol. The number of hydrogen-bond donors (Lipinski definition) is 3. The van der Waals surface area contributed by atoms with Crippen LogP contribution in [0.4, 0.5) is 0 Å². The number of aryl methyl sites for hydroxylation is 1. The number of H-pyrrole nitrogens is 1. The summed E-state index contributed by atoms with van der Waals surface area (Å²) in [5, 5.41) is 4.06. The van der Waals surface area contributed by atoms with E-state index in [1.54, 1.807) is 4.90 Å². The Bertz CT molecular complexity index is 901. The minimum absolute atomic E-state index is 0.0171. The fourth-order valence-corrected chi connectivity index (χ4v) is 5.96. The van der Waals surface area contributed by atoms with Gasteiger partial charge in [0.05, 0.1) is 24.6 Å². The van der Waals surface area contributed by atoms with E-state index >= 15 is 0 Å². The number of fused-ring (bicyclic) bond motifs is 3. The zero-order chi connectivity index (χ0) is 18.6. The van der Waals surface area contributed by atoms with Crippen LogP contribution < -0.4 is 15.0 Å². The van der Waals surface area contributed by atoms with Gasteiger partial charge in [-0.2, -0.15) is 0 Å². The molecule has 0 saturated carbocycles. The monoisotopic (exact) mass is 368 g/mol. The minimum Gasteiger partial charge on any atom is -0.440 e. The highest BCUT2D eigenvalue weighted by Crippen LogP contribution is 2.45.